The molecule has 0 bridgehead atoms. The van der Waals surface area contributed by atoms with E-state index in [0.29, 0.717) is 0 Å². The van der Waals surface area contributed by atoms with Gasteiger partial charge in [0.1, 0.15) is 0 Å². The van der Waals surface area contributed by atoms with E-state index in [2.05, 4.69) is 51.6 Å². The fraction of sp³-hybridized carbons (Fsp3) is 0.650. The SMILES string of the molecule is Cc1cccc(N2CCN(CCCNC(=O)C3CCCNC3)CC2)c1.Cl.Cl.Cl. The molecule has 0 aliphatic carbocycles. The summed E-state index contributed by atoms with van der Waals surface area (Å²) in [5.41, 5.74) is 2.66. The molecule has 162 valence electrons. The van der Waals surface area contributed by atoms with Crippen molar-refractivity contribution in [3.63, 3.8) is 0 Å². The van der Waals surface area contributed by atoms with E-state index < -0.39 is 0 Å². The molecule has 0 radical (unpaired) electrons. The Kier molecular flexibility index (Phi) is 13.9. The second-order valence-electron chi connectivity index (χ2n) is 7.36. The van der Waals surface area contributed by atoms with Gasteiger partial charge in [-0.25, -0.2) is 0 Å². The van der Waals surface area contributed by atoms with Gasteiger partial charge in [-0.15, -0.1) is 37.2 Å². The summed E-state index contributed by atoms with van der Waals surface area (Å²) >= 11 is 0. The van der Waals surface area contributed by atoms with Gasteiger partial charge >= 0.3 is 0 Å². The number of rotatable bonds is 6. The zero-order valence-corrected chi connectivity index (χ0v) is 19.1. The van der Waals surface area contributed by atoms with Crippen LogP contribution in [0.1, 0.15) is 24.8 Å². The van der Waals surface area contributed by atoms with E-state index in [1.165, 1.54) is 11.3 Å². The number of halogens is 3. The number of nitrogens with one attached hydrogen (secondary N) is 2. The highest BCUT2D eigenvalue weighted by Gasteiger charge is 2.20. The number of nitrogens with zero attached hydrogens (tertiary/aromatic N) is 2. The largest absolute Gasteiger partial charge is 0.369 e. The van der Waals surface area contributed by atoms with Crippen LogP contribution in [-0.4, -0.2) is 63.2 Å². The number of piperazine rings is 1. The van der Waals surface area contributed by atoms with Crippen LogP contribution in [0.2, 0.25) is 0 Å². The molecule has 1 amide bonds. The van der Waals surface area contributed by atoms with E-state index in [0.717, 1.165) is 71.6 Å². The molecule has 2 saturated heterocycles. The summed E-state index contributed by atoms with van der Waals surface area (Å²) < 4.78 is 0. The molecule has 1 unspecified atom stereocenters. The number of hydrogen-bond acceptors (Lipinski definition) is 4. The molecule has 2 fully saturated rings. The molecule has 3 rings (SSSR count). The van der Waals surface area contributed by atoms with Gasteiger partial charge in [-0.05, 0) is 57.0 Å². The molecule has 5 nitrogen and oxygen atoms in total. The lowest BCUT2D eigenvalue weighted by Crippen LogP contribution is -2.47. The van der Waals surface area contributed by atoms with Crippen LogP contribution in [0.3, 0.4) is 0 Å². The number of amides is 1. The first-order valence-electron chi connectivity index (χ1n) is 9.75. The number of carbonyl (C=O) groups is 1. The minimum Gasteiger partial charge on any atom is -0.369 e. The van der Waals surface area contributed by atoms with Crippen molar-refractivity contribution in [2.24, 2.45) is 5.92 Å². The zero-order chi connectivity index (χ0) is 17.5. The number of aryl methyl sites for hydroxylation is 1. The first-order valence-corrected chi connectivity index (χ1v) is 9.75. The third-order valence-electron chi connectivity index (χ3n) is 5.36. The number of anilines is 1. The number of benzene rings is 1. The van der Waals surface area contributed by atoms with E-state index in [1.807, 2.05) is 0 Å². The smallest absolute Gasteiger partial charge is 0.224 e. The van der Waals surface area contributed by atoms with E-state index in [-0.39, 0.29) is 49.0 Å². The van der Waals surface area contributed by atoms with E-state index >= 15 is 0 Å². The molecule has 1 atom stereocenters. The Bertz CT molecular complexity index is 562. The monoisotopic (exact) mass is 452 g/mol. The molecule has 8 heteroatoms. The van der Waals surface area contributed by atoms with Crippen molar-refractivity contribution in [2.45, 2.75) is 26.2 Å². The number of piperidine rings is 1. The van der Waals surface area contributed by atoms with Crippen molar-refractivity contribution >= 4 is 48.8 Å². The maximum atomic E-state index is 12.1. The lowest BCUT2D eigenvalue weighted by Gasteiger charge is -2.36. The molecule has 0 aromatic heterocycles. The predicted molar refractivity (Wildman–Crippen MR) is 125 cm³/mol. The highest BCUT2D eigenvalue weighted by molar-refractivity contribution is 5.86. The lowest BCUT2D eigenvalue weighted by atomic mass is 9.99. The molecule has 1 aromatic rings. The topological polar surface area (TPSA) is 47.6 Å². The van der Waals surface area contributed by atoms with Crippen molar-refractivity contribution in [3.05, 3.63) is 29.8 Å². The average Bonchev–Trinajstić information content (AvgIpc) is 2.66. The molecular formula is C20H35Cl3N4O. The van der Waals surface area contributed by atoms with Crippen LogP contribution >= 0.6 is 37.2 Å². The van der Waals surface area contributed by atoms with Gasteiger partial charge in [0.15, 0.2) is 0 Å². The summed E-state index contributed by atoms with van der Waals surface area (Å²) in [5, 5.41) is 6.42. The van der Waals surface area contributed by atoms with Gasteiger partial charge in [-0.2, -0.15) is 0 Å². The Morgan fingerprint density at radius 1 is 1.18 bits per heavy atom. The van der Waals surface area contributed by atoms with Crippen molar-refractivity contribution in [3.8, 4) is 0 Å². The Balaban J connectivity index is 0.00000243. The molecule has 2 N–H and O–H groups in total. The van der Waals surface area contributed by atoms with Crippen molar-refractivity contribution < 1.29 is 4.79 Å². The van der Waals surface area contributed by atoms with Crippen molar-refractivity contribution in [2.75, 3.05) is 57.3 Å². The van der Waals surface area contributed by atoms with Crippen LogP contribution in [0.5, 0.6) is 0 Å². The second-order valence-corrected chi connectivity index (χ2v) is 7.36. The third kappa shape index (κ3) is 8.34. The van der Waals surface area contributed by atoms with Gasteiger partial charge in [-0.3, -0.25) is 9.69 Å². The Hall–Kier alpha value is -0.720. The Labute approximate surface area is 188 Å². The summed E-state index contributed by atoms with van der Waals surface area (Å²) in [6.45, 7) is 10.3. The van der Waals surface area contributed by atoms with Crippen LogP contribution in [0.25, 0.3) is 0 Å². The summed E-state index contributed by atoms with van der Waals surface area (Å²) in [6.07, 6.45) is 3.18. The molecule has 0 spiro atoms. The van der Waals surface area contributed by atoms with Crippen molar-refractivity contribution in [1.82, 2.24) is 15.5 Å². The van der Waals surface area contributed by atoms with Gasteiger partial charge in [0, 0.05) is 45.0 Å². The summed E-state index contributed by atoms with van der Waals surface area (Å²) in [5.74, 6) is 0.406. The maximum Gasteiger partial charge on any atom is 0.224 e. The predicted octanol–water partition coefficient (Wildman–Crippen LogP) is 2.89. The van der Waals surface area contributed by atoms with Gasteiger partial charge in [0.25, 0.3) is 0 Å². The highest BCUT2D eigenvalue weighted by atomic mass is 35.5. The first-order chi connectivity index (χ1) is 12.2. The van der Waals surface area contributed by atoms with Gasteiger partial charge < -0.3 is 15.5 Å². The van der Waals surface area contributed by atoms with Crippen LogP contribution in [0, 0.1) is 12.8 Å². The summed E-state index contributed by atoms with van der Waals surface area (Å²) in [6, 6.07) is 8.77. The molecule has 2 aliphatic rings. The Morgan fingerprint density at radius 2 is 1.93 bits per heavy atom. The minimum absolute atomic E-state index is 0. The van der Waals surface area contributed by atoms with Crippen LogP contribution in [-0.2, 0) is 4.79 Å². The molecular weight excluding hydrogens is 419 g/mol. The minimum atomic E-state index is 0. The zero-order valence-electron chi connectivity index (χ0n) is 16.7. The van der Waals surface area contributed by atoms with Crippen LogP contribution < -0.4 is 15.5 Å². The number of carbonyl (C=O) groups excluding carboxylic acids is 1. The van der Waals surface area contributed by atoms with Crippen LogP contribution in [0.15, 0.2) is 24.3 Å². The molecule has 0 saturated carbocycles. The highest BCUT2D eigenvalue weighted by Crippen LogP contribution is 2.17. The standard InChI is InChI=1S/C20H32N4O.3ClH/c1-17-5-2-7-19(15-17)24-13-11-23(12-14-24)10-4-9-22-20(25)18-6-3-8-21-16-18;;;/h2,5,7,15,18,21H,3-4,6,8-14,16H2,1H3,(H,22,25);3*1H. The van der Waals surface area contributed by atoms with Crippen LogP contribution in [0.4, 0.5) is 5.69 Å². The molecule has 2 heterocycles. The van der Waals surface area contributed by atoms with Crippen molar-refractivity contribution in [1.29, 1.82) is 0 Å². The van der Waals surface area contributed by atoms with E-state index in [1.54, 1.807) is 0 Å². The van der Waals surface area contributed by atoms with E-state index in [4.69, 9.17) is 0 Å². The van der Waals surface area contributed by atoms with Gasteiger partial charge in [0.05, 0.1) is 5.92 Å². The third-order valence-corrected chi connectivity index (χ3v) is 5.36. The first kappa shape index (κ1) is 27.3. The van der Waals surface area contributed by atoms with Gasteiger partial charge in [-0.1, -0.05) is 12.1 Å². The molecule has 1 aromatic carbocycles. The molecule has 28 heavy (non-hydrogen) atoms. The normalized spacial score (nSPS) is 19.6. The average molecular weight is 454 g/mol. The second kappa shape index (κ2) is 14.3. The summed E-state index contributed by atoms with van der Waals surface area (Å²) in [4.78, 5) is 17.1. The lowest BCUT2D eigenvalue weighted by molar-refractivity contribution is -0.125. The maximum absolute atomic E-state index is 12.1. The van der Waals surface area contributed by atoms with Gasteiger partial charge in [0.2, 0.25) is 5.91 Å². The number of hydrogen-bond donors (Lipinski definition) is 2. The summed E-state index contributed by atoms with van der Waals surface area (Å²) in [7, 11) is 0. The molecule has 2 aliphatic heterocycles. The van der Waals surface area contributed by atoms with E-state index in [9.17, 15) is 4.79 Å². The fourth-order valence-electron chi connectivity index (χ4n) is 3.79. The quantitative estimate of drug-likeness (QED) is 0.650. The fourth-order valence-corrected chi connectivity index (χ4v) is 3.79. The Morgan fingerprint density at radius 3 is 2.57 bits per heavy atom.